The molecule has 0 unspecified atom stereocenters. The summed E-state index contributed by atoms with van der Waals surface area (Å²) in [5.74, 6) is -2.03. The second-order valence-corrected chi connectivity index (χ2v) is 4.59. The van der Waals surface area contributed by atoms with Crippen molar-refractivity contribution >= 4 is 28.7 Å². The molecule has 0 saturated carbocycles. The molecule has 0 aliphatic rings. The lowest BCUT2D eigenvalue weighted by molar-refractivity contribution is -0.111. The Morgan fingerprint density at radius 1 is 1.27 bits per heavy atom. The van der Waals surface area contributed by atoms with Crippen LogP contribution in [0.4, 0.5) is 14.5 Å². The molecular weight excluding hydrogens is 288 g/mol. The van der Waals surface area contributed by atoms with Gasteiger partial charge in [-0.1, -0.05) is 0 Å². The Labute approximate surface area is 124 Å². The highest BCUT2D eigenvalue weighted by atomic mass is 19.1. The number of fused-ring (bicyclic) bond motifs is 1. The minimum absolute atomic E-state index is 0.0726. The topological polar surface area (TPSA) is 57.8 Å². The molecule has 0 aliphatic carbocycles. The van der Waals surface area contributed by atoms with E-state index in [4.69, 9.17) is 0 Å². The number of carbonyl (C=O) groups excluding carboxylic acids is 1. The number of hydrogen-bond donors (Lipinski definition) is 2. The third-order valence-corrected chi connectivity index (χ3v) is 3.09. The first-order valence-electron chi connectivity index (χ1n) is 6.50. The van der Waals surface area contributed by atoms with Crippen molar-refractivity contribution in [1.82, 2.24) is 9.97 Å². The number of nitrogens with zero attached hydrogens (tertiary/aromatic N) is 1. The Bertz CT molecular complexity index is 871. The van der Waals surface area contributed by atoms with Gasteiger partial charge in [-0.2, -0.15) is 0 Å². The van der Waals surface area contributed by atoms with Gasteiger partial charge >= 0.3 is 0 Å². The van der Waals surface area contributed by atoms with E-state index in [0.717, 1.165) is 17.0 Å². The first-order valence-corrected chi connectivity index (χ1v) is 6.50. The van der Waals surface area contributed by atoms with E-state index in [9.17, 15) is 13.6 Å². The highest BCUT2D eigenvalue weighted by molar-refractivity contribution is 6.03. The van der Waals surface area contributed by atoms with Crippen LogP contribution in [0, 0.1) is 11.6 Å². The number of pyridine rings is 1. The average molecular weight is 299 g/mol. The van der Waals surface area contributed by atoms with Crippen molar-refractivity contribution < 1.29 is 13.6 Å². The van der Waals surface area contributed by atoms with Crippen LogP contribution in [-0.2, 0) is 4.79 Å². The van der Waals surface area contributed by atoms with Gasteiger partial charge in [0.2, 0.25) is 5.91 Å². The minimum Gasteiger partial charge on any atom is -0.346 e. The summed E-state index contributed by atoms with van der Waals surface area (Å²) in [6, 6.07) is 6.63. The van der Waals surface area contributed by atoms with E-state index in [2.05, 4.69) is 15.3 Å². The standard InChI is InChI=1S/C16H11F2N3O/c17-11-4-5-14(13(18)8-11)21-15(22)6-3-10-9-20-16-12(10)2-1-7-19-16/h1-9H,(H,19,20)(H,21,22). The fourth-order valence-electron chi connectivity index (χ4n) is 2.05. The normalized spacial score (nSPS) is 11.2. The number of anilines is 1. The monoisotopic (exact) mass is 299 g/mol. The summed E-state index contributed by atoms with van der Waals surface area (Å²) in [5.41, 5.74) is 1.43. The van der Waals surface area contributed by atoms with E-state index in [-0.39, 0.29) is 5.69 Å². The van der Waals surface area contributed by atoms with Gasteiger partial charge in [0.05, 0.1) is 5.69 Å². The molecule has 0 saturated heterocycles. The SMILES string of the molecule is O=C(C=Cc1c[nH]c2ncccc12)Nc1ccc(F)cc1F. The van der Waals surface area contributed by atoms with Crippen LogP contribution < -0.4 is 5.32 Å². The van der Waals surface area contributed by atoms with Crippen molar-refractivity contribution in [1.29, 1.82) is 0 Å². The quantitative estimate of drug-likeness (QED) is 0.727. The smallest absolute Gasteiger partial charge is 0.248 e. The molecule has 0 fully saturated rings. The fourth-order valence-corrected chi connectivity index (χ4v) is 2.05. The molecule has 2 aromatic heterocycles. The molecule has 1 amide bonds. The Hall–Kier alpha value is -3.02. The van der Waals surface area contributed by atoms with Crippen LogP contribution in [0.15, 0.2) is 48.8 Å². The van der Waals surface area contributed by atoms with Gasteiger partial charge < -0.3 is 10.3 Å². The summed E-state index contributed by atoms with van der Waals surface area (Å²) in [6.07, 6.45) is 6.26. The Balaban J connectivity index is 1.76. The van der Waals surface area contributed by atoms with E-state index in [0.29, 0.717) is 11.7 Å². The first-order chi connectivity index (χ1) is 10.6. The molecule has 22 heavy (non-hydrogen) atoms. The van der Waals surface area contributed by atoms with E-state index in [1.54, 1.807) is 24.5 Å². The molecule has 0 bridgehead atoms. The van der Waals surface area contributed by atoms with E-state index < -0.39 is 17.5 Å². The van der Waals surface area contributed by atoms with Gasteiger partial charge in [0, 0.05) is 35.5 Å². The van der Waals surface area contributed by atoms with Crippen LogP contribution in [0.1, 0.15) is 5.56 Å². The third kappa shape index (κ3) is 2.85. The second kappa shape index (κ2) is 5.77. The van der Waals surface area contributed by atoms with Gasteiger partial charge in [-0.3, -0.25) is 4.79 Å². The zero-order valence-electron chi connectivity index (χ0n) is 11.3. The maximum absolute atomic E-state index is 13.4. The van der Waals surface area contributed by atoms with Gasteiger partial charge in [-0.25, -0.2) is 13.8 Å². The second-order valence-electron chi connectivity index (χ2n) is 4.59. The van der Waals surface area contributed by atoms with Crippen molar-refractivity contribution in [3.05, 3.63) is 66.0 Å². The Morgan fingerprint density at radius 2 is 2.14 bits per heavy atom. The number of rotatable bonds is 3. The van der Waals surface area contributed by atoms with E-state index in [1.165, 1.54) is 12.1 Å². The predicted molar refractivity (Wildman–Crippen MR) is 80.1 cm³/mol. The molecule has 2 N–H and O–H groups in total. The fraction of sp³-hybridized carbons (Fsp3) is 0. The van der Waals surface area contributed by atoms with Crippen LogP contribution in [0.2, 0.25) is 0 Å². The molecular formula is C16H11F2N3O. The van der Waals surface area contributed by atoms with Gasteiger partial charge in [0.1, 0.15) is 17.3 Å². The van der Waals surface area contributed by atoms with Crippen LogP contribution in [0.25, 0.3) is 17.1 Å². The molecule has 0 radical (unpaired) electrons. The summed E-state index contributed by atoms with van der Waals surface area (Å²) < 4.78 is 26.2. The summed E-state index contributed by atoms with van der Waals surface area (Å²) >= 11 is 0. The van der Waals surface area contributed by atoms with Crippen LogP contribution in [-0.4, -0.2) is 15.9 Å². The van der Waals surface area contributed by atoms with Gasteiger partial charge in [0.15, 0.2) is 0 Å². The van der Waals surface area contributed by atoms with Crippen LogP contribution in [0.5, 0.6) is 0 Å². The number of H-pyrrole nitrogens is 1. The van der Waals surface area contributed by atoms with Crippen molar-refractivity contribution in [2.45, 2.75) is 0 Å². The number of amides is 1. The van der Waals surface area contributed by atoms with Gasteiger partial charge in [0.25, 0.3) is 0 Å². The highest BCUT2D eigenvalue weighted by Crippen LogP contribution is 2.18. The lowest BCUT2D eigenvalue weighted by Crippen LogP contribution is -2.09. The summed E-state index contributed by atoms with van der Waals surface area (Å²) in [4.78, 5) is 18.9. The van der Waals surface area contributed by atoms with Gasteiger partial charge in [-0.05, 0) is 30.3 Å². The molecule has 3 aromatic rings. The van der Waals surface area contributed by atoms with Crippen LogP contribution >= 0.6 is 0 Å². The number of aromatic amines is 1. The summed E-state index contributed by atoms with van der Waals surface area (Å²) in [5, 5.41) is 3.23. The lowest BCUT2D eigenvalue weighted by atomic mass is 10.2. The molecule has 6 heteroatoms. The largest absolute Gasteiger partial charge is 0.346 e. The lowest BCUT2D eigenvalue weighted by Gasteiger charge is -2.03. The highest BCUT2D eigenvalue weighted by Gasteiger charge is 2.06. The maximum atomic E-state index is 13.4. The van der Waals surface area contributed by atoms with Crippen molar-refractivity contribution in [2.24, 2.45) is 0 Å². The average Bonchev–Trinajstić information content (AvgIpc) is 2.91. The number of carbonyl (C=O) groups is 1. The van der Waals surface area contributed by atoms with E-state index >= 15 is 0 Å². The zero-order chi connectivity index (χ0) is 15.5. The number of halogens is 2. The predicted octanol–water partition coefficient (Wildman–Crippen LogP) is 3.49. The molecule has 4 nitrogen and oxygen atoms in total. The number of aromatic nitrogens is 2. The Kier molecular flexibility index (Phi) is 3.65. The third-order valence-electron chi connectivity index (χ3n) is 3.09. The molecule has 2 heterocycles. The van der Waals surface area contributed by atoms with Crippen LogP contribution in [0.3, 0.4) is 0 Å². The molecule has 0 aliphatic heterocycles. The zero-order valence-corrected chi connectivity index (χ0v) is 11.3. The number of nitrogens with one attached hydrogen (secondary N) is 2. The van der Waals surface area contributed by atoms with E-state index in [1.807, 2.05) is 6.07 Å². The number of hydrogen-bond acceptors (Lipinski definition) is 2. The number of benzene rings is 1. The maximum Gasteiger partial charge on any atom is 0.248 e. The summed E-state index contributed by atoms with van der Waals surface area (Å²) in [7, 11) is 0. The Morgan fingerprint density at radius 3 is 2.95 bits per heavy atom. The first kappa shape index (κ1) is 13.9. The summed E-state index contributed by atoms with van der Waals surface area (Å²) in [6.45, 7) is 0. The van der Waals surface area contributed by atoms with Crippen molar-refractivity contribution in [2.75, 3.05) is 5.32 Å². The van der Waals surface area contributed by atoms with Crippen molar-refractivity contribution in [3.8, 4) is 0 Å². The molecule has 0 spiro atoms. The molecule has 0 atom stereocenters. The molecule has 110 valence electrons. The molecule has 1 aromatic carbocycles. The van der Waals surface area contributed by atoms with Crippen molar-refractivity contribution in [3.63, 3.8) is 0 Å². The van der Waals surface area contributed by atoms with Gasteiger partial charge in [-0.15, -0.1) is 0 Å². The minimum atomic E-state index is -0.821. The molecule has 3 rings (SSSR count).